The Hall–Kier alpha value is -2.22. The number of aryl methyl sites for hydroxylation is 1. The van der Waals surface area contributed by atoms with E-state index >= 15 is 0 Å². The van der Waals surface area contributed by atoms with Crippen LogP contribution in [0.2, 0.25) is 0 Å². The van der Waals surface area contributed by atoms with Crippen molar-refractivity contribution in [3.05, 3.63) is 45.9 Å². The highest BCUT2D eigenvalue weighted by molar-refractivity contribution is 7.09. The summed E-state index contributed by atoms with van der Waals surface area (Å²) in [5.74, 6) is 0.0239. The van der Waals surface area contributed by atoms with Crippen molar-refractivity contribution < 1.29 is 8.78 Å². The molecule has 8 heteroatoms. The molecule has 2 aromatic rings. The Kier molecular flexibility index (Phi) is 6.03. The lowest BCUT2D eigenvalue weighted by molar-refractivity contribution is 0.371. The summed E-state index contributed by atoms with van der Waals surface area (Å²) in [6, 6.07) is 3.58. The van der Waals surface area contributed by atoms with Crippen molar-refractivity contribution in [2.24, 2.45) is 4.99 Å². The summed E-state index contributed by atoms with van der Waals surface area (Å²) < 4.78 is 27.3. The van der Waals surface area contributed by atoms with Gasteiger partial charge in [0.05, 0.1) is 16.4 Å². The van der Waals surface area contributed by atoms with E-state index in [-0.39, 0.29) is 5.82 Å². The first kappa shape index (κ1) is 18.6. The van der Waals surface area contributed by atoms with Crippen LogP contribution in [0.15, 0.2) is 28.6 Å². The van der Waals surface area contributed by atoms with Gasteiger partial charge in [-0.15, -0.1) is 11.3 Å². The Morgan fingerprint density at radius 2 is 2.04 bits per heavy atom. The predicted molar refractivity (Wildman–Crippen MR) is 102 cm³/mol. The Bertz CT molecular complexity index is 769. The zero-order valence-corrected chi connectivity index (χ0v) is 15.8. The topological polar surface area (TPSA) is 43.8 Å². The highest BCUT2D eigenvalue weighted by atomic mass is 32.1. The van der Waals surface area contributed by atoms with Crippen molar-refractivity contribution >= 4 is 23.0 Å². The van der Waals surface area contributed by atoms with Crippen LogP contribution in [-0.2, 0) is 6.42 Å². The van der Waals surface area contributed by atoms with E-state index in [0.717, 1.165) is 35.7 Å². The molecule has 1 aromatic carbocycles. The zero-order valence-electron chi connectivity index (χ0n) is 15.0. The molecule has 0 unspecified atom stereocenters. The van der Waals surface area contributed by atoms with Crippen molar-refractivity contribution in [1.82, 2.24) is 15.2 Å². The van der Waals surface area contributed by atoms with Crippen molar-refractivity contribution in [3.63, 3.8) is 0 Å². The van der Waals surface area contributed by atoms with Gasteiger partial charge in [0.1, 0.15) is 11.6 Å². The number of aliphatic imine (C=N–C) groups is 1. The van der Waals surface area contributed by atoms with Crippen LogP contribution in [0.5, 0.6) is 0 Å². The molecule has 0 saturated carbocycles. The largest absolute Gasteiger partial charge is 0.366 e. The van der Waals surface area contributed by atoms with Gasteiger partial charge < -0.3 is 15.1 Å². The Morgan fingerprint density at radius 1 is 1.27 bits per heavy atom. The van der Waals surface area contributed by atoms with Gasteiger partial charge in [-0.2, -0.15) is 0 Å². The number of rotatable bonds is 4. The van der Waals surface area contributed by atoms with Gasteiger partial charge in [-0.3, -0.25) is 4.99 Å². The lowest BCUT2D eigenvalue weighted by atomic mass is 10.2. The molecule has 140 valence electrons. The van der Waals surface area contributed by atoms with E-state index in [0.29, 0.717) is 31.9 Å². The number of hydrogen-bond donors (Lipinski definition) is 1. The van der Waals surface area contributed by atoms with E-state index < -0.39 is 5.82 Å². The van der Waals surface area contributed by atoms with Gasteiger partial charge in [0.2, 0.25) is 0 Å². The third-order valence-electron chi connectivity index (χ3n) is 4.37. The third kappa shape index (κ3) is 4.49. The van der Waals surface area contributed by atoms with Crippen molar-refractivity contribution in [2.75, 3.05) is 44.7 Å². The number of guanidine groups is 1. The number of halogens is 2. The van der Waals surface area contributed by atoms with Crippen LogP contribution in [0.3, 0.4) is 0 Å². The number of thiazole rings is 1. The van der Waals surface area contributed by atoms with Gasteiger partial charge in [-0.05, 0) is 19.1 Å². The number of piperazine rings is 1. The number of anilines is 1. The van der Waals surface area contributed by atoms with Gasteiger partial charge in [0.25, 0.3) is 0 Å². The van der Waals surface area contributed by atoms with Gasteiger partial charge in [0, 0.05) is 57.6 Å². The van der Waals surface area contributed by atoms with E-state index in [2.05, 4.69) is 25.6 Å². The normalized spacial score (nSPS) is 15.5. The van der Waals surface area contributed by atoms with E-state index in [1.165, 1.54) is 12.1 Å². The van der Waals surface area contributed by atoms with Crippen LogP contribution in [0.1, 0.15) is 10.7 Å². The minimum Gasteiger partial charge on any atom is -0.366 e. The number of nitrogens with one attached hydrogen (secondary N) is 1. The quantitative estimate of drug-likeness (QED) is 0.655. The molecular weight excluding hydrogens is 356 g/mol. The van der Waals surface area contributed by atoms with Crippen LogP contribution in [0.25, 0.3) is 0 Å². The first-order chi connectivity index (χ1) is 12.6. The summed E-state index contributed by atoms with van der Waals surface area (Å²) in [5.41, 5.74) is 1.41. The zero-order chi connectivity index (χ0) is 18.5. The second-order valence-electron chi connectivity index (χ2n) is 6.15. The number of nitrogens with zero attached hydrogens (tertiary/aromatic N) is 4. The third-order valence-corrected chi connectivity index (χ3v) is 5.19. The smallest absolute Gasteiger partial charge is 0.193 e. The maximum absolute atomic E-state index is 13.9. The average Bonchev–Trinajstić information content (AvgIpc) is 3.06. The first-order valence-corrected chi connectivity index (χ1v) is 9.51. The number of aromatic nitrogens is 1. The van der Waals surface area contributed by atoms with Crippen LogP contribution >= 0.6 is 11.3 Å². The number of benzene rings is 1. The summed E-state index contributed by atoms with van der Waals surface area (Å²) in [7, 11) is 1.76. The second kappa shape index (κ2) is 8.44. The highest BCUT2D eigenvalue weighted by Crippen LogP contribution is 2.21. The Morgan fingerprint density at radius 3 is 2.69 bits per heavy atom. The molecule has 5 nitrogen and oxygen atoms in total. The molecule has 1 aliphatic heterocycles. The van der Waals surface area contributed by atoms with Crippen molar-refractivity contribution in [3.8, 4) is 0 Å². The van der Waals surface area contributed by atoms with E-state index in [4.69, 9.17) is 0 Å². The molecule has 0 aliphatic carbocycles. The number of hydrogen-bond acceptors (Lipinski definition) is 4. The molecule has 1 aromatic heterocycles. The predicted octanol–water partition coefficient (Wildman–Crippen LogP) is 2.67. The van der Waals surface area contributed by atoms with Crippen LogP contribution in [-0.4, -0.2) is 55.6 Å². The standard InChI is InChI=1S/C18H23F2N5S/c1-13-23-15(12-26-13)5-6-22-18(21-2)25-9-7-24(8-10-25)17-11-14(19)3-4-16(17)20/h3-4,11-12H,5-10H2,1-2H3,(H,21,22). The molecule has 0 atom stereocenters. The minimum atomic E-state index is -0.418. The summed E-state index contributed by atoms with van der Waals surface area (Å²) >= 11 is 1.65. The van der Waals surface area contributed by atoms with Crippen LogP contribution < -0.4 is 10.2 Å². The van der Waals surface area contributed by atoms with Crippen molar-refractivity contribution in [2.45, 2.75) is 13.3 Å². The molecule has 1 saturated heterocycles. The van der Waals surface area contributed by atoms with E-state index in [1.807, 2.05) is 11.8 Å². The summed E-state index contributed by atoms with van der Waals surface area (Å²) in [6.07, 6.45) is 0.845. The average molecular weight is 379 g/mol. The maximum atomic E-state index is 13.9. The molecule has 2 heterocycles. The van der Waals surface area contributed by atoms with Crippen molar-refractivity contribution in [1.29, 1.82) is 0 Å². The fraction of sp³-hybridized carbons (Fsp3) is 0.444. The van der Waals surface area contributed by atoms with Gasteiger partial charge in [0.15, 0.2) is 5.96 Å². The molecule has 0 bridgehead atoms. The molecule has 0 spiro atoms. The Labute approximate surface area is 156 Å². The molecule has 0 radical (unpaired) electrons. The fourth-order valence-electron chi connectivity index (χ4n) is 3.05. The molecule has 1 N–H and O–H groups in total. The molecule has 1 fully saturated rings. The summed E-state index contributed by atoms with van der Waals surface area (Å²) in [5, 5.41) is 6.51. The van der Waals surface area contributed by atoms with Gasteiger partial charge in [-0.25, -0.2) is 13.8 Å². The lowest BCUT2D eigenvalue weighted by Gasteiger charge is -2.37. The van der Waals surface area contributed by atoms with Crippen LogP contribution in [0, 0.1) is 18.6 Å². The summed E-state index contributed by atoms with van der Waals surface area (Å²) in [6.45, 7) is 5.39. The van der Waals surface area contributed by atoms with Gasteiger partial charge in [-0.1, -0.05) is 0 Å². The molecule has 0 amide bonds. The molecule has 26 heavy (non-hydrogen) atoms. The first-order valence-electron chi connectivity index (χ1n) is 8.63. The second-order valence-corrected chi connectivity index (χ2v) is 7.21. The Balaban J connectivity index is 1.51. The van der Waals surface area contributed by atoms with E-state index in [1.54, 1.807) is 18.4 Å². The fourth-order valence-corrected chi connectivity index (χ4v) is 3.69. The van der Waals surface area contributed by atoms with Gasteiger partial charge >= 0.3 is 0 Å². The lowest BCUT2D eigenvalue weighted by Crippen LogP contribution is -2.53. The minimum absolute atomic E-state index is 0.325. The monoisotopic (exact) mass is 379 g/mol. The highest BCUT2D eigenvalue weighted by Gasteiger charge is 2.22. The maximum Gasteiger partial charge on any atom is 0.193 e. The SMILES string of the molecule is CN=C(NCCc1csc(C)n1)N1CCN(c2cc(F)ccc2F)CC1. The molecule has 1 aliphatic rings. The van der Waals surface area contributed by atoms with Crippen LogP contribution in [0.4, 0.5) is 14.5 Å². The summed E-state index contributed by atoms with van der Waals surface area (Å²) in [4.78, 5) is 12.8. The van der Waals surface area contributed by atoms with E-state index in [9.17, 15) is 8.78 Å². The molecular formula is C18H23F2N5S. The molecule has 3 rings (SSSR count).